The van der Waals surface area contributed by atoms with E-state index in [2.05, 4.69) is 42.9 Å². The molecule has 0 spiro atoms. The molecule has 0 saturated heterocycles. The van der Waals surface area contributed by atoms with Gasteiger partial charge in [0.05, 0.1) is 26.9 Å². The number of anilines is 1. The lowest BCUT2D eigenvalue weighted by atomic mass is 10.00. The van der Waals surface area contributed by atoms with Crippen LogP contribution in [0.4, 0.5) is 5.69 Å². The molecule has 0 heterocycles. The molecular formula is C32H43NO3. The summed E-state index contributed by atoms with van der Waals surface area (Å²) in [5.41, 5.74) is 4.90. The van der Waals surface area contributed by atoms with Crippen molar-refractivity contribution in [3.05, 3.63) is 84.4 Å². The molecule has 3 aromatic carbocycles. The van der Waals surface area contributed by atoms with Crippen LogP contribution in [0.15, 0.2) is 73.3 Å². The van der Waals surface area contributed by atoms with Gasteiger partial charge in [-0.2, -0.15) is 0 Å². The lowest BCUT2D eigenvalue weighted by molar-refractivity contribution is 0.354. The minimum Gasteiger partial charge on any atom is -0.497 e. The fraction of sp³-hybridized carbons (Fsp3) is 0.312. The Bertz CT molecular complexity index is 1050. The topological polar surface area (TPSA) is 39.7 Å². The van der Waals surface area contributed by atoms with Crippen LogP contribution >= 0.6 is 0 Å². The van der Waals surface area contributed by atoms with Crippen molar-refractivity contribution in [2.75, 3.05) is 26.6 Å². The Morgan fingerprint density at radius 2 is 1.50 bits per heavy atom. The van der Waals surface area contributed by atoms with E-state index >= 15 is 0 Å². The largest absolute Gasteiger partial charge is 0.497 e. The van der Waals surface area contributed by atoms with Crippen LogP contribution in [0.25, 0.3) is 11.1 Å². The van der Waals surface area contributed by atoms with Gasteiger partial charge in [-0.1, -0.05) is 64.8 Å². The maximum absolute atomic E-state index is 5.65. The number of allylic oxidation sites excluding steroid dienone is 1. The first-order chi connectivity index (χ1) is 17.6. The highest BCUT2D eigenvalue weighted by Crippen LogP contribution is 2.36. The molecule has 0 aromatic heterocycles. The molecule has 0 aliphatic carbocycles. The van der Waals surface area contributed by atoms with Gasteiger partial charge in [0.1, 0.15) is 5.75 Å². The Morgan fingerprint density at radius 1 is 0.861 bits per heavy atom. The maximum Gasteiger partial charge on any atom is 0.176 e. The second-order valence-corrected chi connectivity index (χ2v) is 6.88. The van der Waals surface area contributed by atoms with Gasteiger partial charge in [0.2, 0.25) is 0 Å². The molecule has 194 valence electrons. The van der Waals surface area contributed by atoms with Crippen LogP contribution in [0.2, 0.25) is 0 Å². The van der Waals surface area contributed by atoms with E-state index in [-0.39, 0.29) is 0 Å². The smallest absolute Gasteiger partial charge is 0.176 e. The van der Waals surface area contributed by atoms with Crippen molar-refractivity contribution in [1.82, 2.24) is 0 Å². The molecule has 0 bridgehead atoms. The van der Waals surface area contributed by atoms with Crippen molar-refractivity contribution in [3.63, 3.8) is 0 Å². The number of terminal acetylenes is 1. The van der Waals surface area contributed by atoms with Crippen molar-refractivity contribution in [2.45, 2.75) is 47.6 Å². The van der Waals surface area contributed by atoms with Gasteiger partial charge in [0.25, 0.3) is 0 Å². The van der Waals surface area contributed by atoms with Gasteiger partial charge < -0.3 is 19.5 Å². The zero-order valence-corrected chi connectivity index (χ0v) is 23.3. The molecule has 1 N–H and O–H groups in total. The predicted molar refractivity (Wildman–Crippen MR) is 156 cm³/mol. The number of hydrogen-bond donors (Lipinski definition) is 1. The number of ether oxygens (including phenoxy) is 3. The first-order valence-electron chi connectivity index (χ1n) is 12.4. The zero-order valence-electron chi connectivity index (χ0n) is 23.3. The molecule has 36 heavy (non-hydrogen) atoms. The van der Waals surface area contributed by atoms with E-state index in [4.69, 9.17) is 20.6 Å². The summed E-state index contributed by atoms with van der Waals surface area (Å²) in [7, 11) is 4.86. The van der Waals surface area contributed by atoms with Crippen molar-refractivity contribution in [1.29, 1.82) is 0 Å². The molecule has 0 fully saturated rings. The summed E-state index contributed by atoms with van der Waals surface area (Å²) in [6.07, 6.45) is 8.61. The number of rotatable bonds is 8. The molecule has 4 nitrogen and oxygen atoms in total. The van der Waals surface area contributed by atoms with Crippen molar-refractivity contribution < 1.29 is 14.2 Å². The van der Waals surface area contributed by atoms with E-state index in [1.54, 1.807) is 21.3 Å². The zero-order chi connectivity index (χ0) is 27.3. The van der Waals surface area contributed by atoms with Crippen LogP contribution in [0.5, 0.6) is 17.2 Å². The first-order valence-corrected chi connectivity index (χ1v) is 12.4. The highest BCUT2D eigenvalue weighted by atomic mass is 16.5. The molecule has 4 heteroatoms. The second kappa shape index (κ2) is 19.5. The molecule has 0 saturated carbocycles. The third kappa shape index (κ3) is 10.2. The van der Waals surface area contributed by atoms with Crippen molar-refractivity contribution >= 4 is 5.69 Å². The van der Waals surface area contributed by atoms with Gasteiger partial charge in [-0.3, -0.25) is 0 Å². The average molecular weight is 490 g/mol. The molecule has 3 aromatic rings. The van der Waals surface area contributed by atoms with E-state index in [9.17, 15) is 0 Å². The Morgan fingerprint density at radius 3 is 2.00 bits per heavy atom. The molecule has 0 atom stereocenters. The summed E-state index contributed by atoms with van der Waals surface area (Å²) in [6, 6.07) is 20.1. The van der Waals surface area contributed by atoms with Crippen LogP contribution in [0.1, 0.15) is 52.2 Å². The average Bonchev–Trinajstić information content (AvgIpc) is 2.97. The number of nitrogens with one attached hydrogen (secondary N) is 1. The van der Waals surface area contributed by atoms with Gasteiger partial charge >= 0.3 is 0 Å². The number of methoxy groups -OCH3 is 3. The van der Waals surface area contributed by atoms with E-state index < -0.39 is 0 Å². The third-order valence-electron chi connectivity index (χ3n) is 4.77. The molecule has 0 aliphatic heterocycles. The monoisotopic (exact) mass is 489 g/mol. The Hall–Kier alpha value is -3.84. The SMILES string of the molecule is C#Cc1cc(-c2cccc(CNc3ccc(OC)cc3)c2)cc(OC)c1OC.C=CCC.CC.CC. The summed E-state index contributed by atoms with van der Waals surface area (Å²) in [5, 5.41) is 3.42. The van der Waals surface area contributed by atoms with Gasteiger partial charge in [-0.15, -0.1) is 13.0 Å². The van der Waals surface area contributed by atoms with Crippen LogP contribution < -0.4 is 19.5 Å². The van der Waals surface area contributed by atoms with Crippen LogP contribution in [-0.2, 0) is 6.54 Å². The van der Waals surface area contributed by atoms with Gasteiger partial charge in [0.15, 0.2) is 11.5 Å². The first kappa shape index (κ1) is 32.2. The molecule has 0 amide bonds. The number of hydrogen-bond acceptors (Lipinski definition) is 4. The third-order valence-corrected chi connectivity index (χ3v) is 4.77. The maximum atomic E-state index is 5.65. The molecule has 0 unspecified atom stereocenters. The van der Waals surface area contributed by atoms with Crippen LogP contribution in [0, 0.1) is 12.3 Å². The molecule has 0 aliphatic rings. The van der Waals surface area contributed by atoms with Crippen molar-refractivity contribution in [3.8, 4) is 40.7 Å². The summed E-state index contributed by atoms with van der Waals surface area (Å²) in [6.45, 7) is 14.2. The normalized spacial score (nSPS) is 8.86. The quantitative estimate of drug-likeness (QED) is 0.254. The summed E-state index contributed by atoms with van der Waals surface area (Å²) in [4.78, 5) is 0. The second-order valence-electron chi connectivity index (χ2n) is 6.88. The summed E-state index contributed by atoms with van der Waals surface area (Å²) < 4.78 is 16.0. The molecular weight excluding hydrogens is 446 g/mol. The predicted octanol–water partition coefficient (Wildman–Crippen LogP) is 8.61. The Balaban J connectivity index is 0.00000137. The fourth-order valence-electron chi connectivity index (χ4n) is 3.01. The minimum atomic E-state index is 0.575. The molecule has 0 radical (unpaired) electrons. The molecule has 3 rings (SSSR count). The standard InChI is InChI=1S/C24H23NO3.C4H8.2C2H6/c1-5-18-14-20(15-23(27-3)24(18)28-4)19-8-6-7-17(13-19)16-25-21-9-11-22(26-2)12-10-21;1-3-4-2;2*1-2/h1,6-15,25H,16H2,2-4H3;3H,1,4H2,2H3;2*1-2H3. The van der Waals surface area contributed by atoms with Crippen LogP contribution in [-0.4, -0.2) is 21.3 Å². The minimum absolute atomic E-state index is 0.575. The Labute approximate surface area is 219 Å². The fourth-order valence-corrected chi connectivity index (χ4v) is 3.01. The van der Waals surface area contributed by atoms with Gasteiger partial charge in [0, 0.05) is 12.2 Å². The van der Waals surface area contributed by atoms with E-state index in [1.165, 1.54) is 0 Å². The highest BCUT2D eigenvalue weighted by molar-refractivity contribution is 5.72. The lowest BCUT2D eigenvalue weighted by Gasteiger charge is -2.13. The lowest BCUT2D eigenvalue weighted by Crippen LogP contribution is -1.99. The highest BCUT2D eigenvalue weighted by Gasteiger charge is 2.12. The van der Waals surface area contributed by atoms with E-state index in [0.29, 0.717) is 23.6 Å². The van der Waals surface area contributed by atoms with E-state index in [0.717, 1.165) is 34.5 Å². The summed E-state index contributed by atoms with van der Waals surface area (Å²) >= 11 is 0. The van der Waals surface area contributed by atoms with Crippen molar-refractivity contribution in [2.24, 2.45) is 0 Å². The van der Waals surface area contributed by atoms with Crippen LogP contribution in [0.3, 0.4) is 0 Å². The Kier molecular flexibility index (Phi) is 17.4. The van der Waals surface area contributed by atoms with E-state index in [1.807, 2.05) is 76.2 Å². The van der Waals surface area contributed by atoms with Gasteiger partial charge in [-0.25, -0.2) is 0 Å². The number of benzene rings is 3. The summed E-state index contributed by atoms with van der Waals surface area (Å²) in [5.74, 6) is 4.71. The van der Waals surface area contributed by atoms with Gasteiger partial charge in [-0.05, 0) is 65.6 Å².